The zero-order chi connectivity index (χ0) is 27.9. The molecule has 0 spiro atoms. The molecule has 38 heavy (non-hydrogen) atoms. The lowest BCUT2D eigenvalue weighted by Gasteiger charge is -2.31. The van der Waals surface area contributed by atoms with Gasteiger partial charge in [0.2, 0.25) is 0 Å². The second-order valence-electron chi connectivity index (χ2n) is 9.11. The molecule has 2 aromatic carbocycles. The molecule has 0 bridgehead atoms. The Kier molecular flexibility index (Phi) is 13.3. The summed E-state index contributed by atoms with van der Waals surface area (Å²) >= 11 is 0. The Morgan fingerprint density at radius 3 is 2.42 bits per heavy atom. The van der Waals surface area contributed by atoms with Crippen LogP contribution in [0.4, 0.5) is 5.69 Å². The molecule has 1 fully saturated rings. The van der Waals surface area contributed by atoms with Gasteiger partial charge in [-0.3, -0.25) is 14.7 Å². The number of Topliss-reactive ketones (excluding diaryl/α,β-unsaturated/α-hetero) is 1. The Bertz CT molecular complexity index is 1120. The van der Waals surface area contributed by atoms with Crippen molar-refractivity contribution in [2.24, 2.45) is 16.8 Å². The zero-order valence-electron chi connectivity index (χ0n) is 23.9. The lowest BCUT2D eigenvalue weighted by Crippen LogP contribution is -2.36. The SMILES string of the molecule is C/C=C\N(N)C(=C/C=C/c1cc(CN2CCC(C(=O)c3ccc(C)cc3)CC2)ccc1NC)/N=C/C.CC. The summed E-state index contributed by atoms with van der Waals surface area (Å²) in [4.78, 5) is 19.7. The molecule has 1 aliphatic rings. The minimum Gasteiger partial charge on any atom is -0.388 e. The van der Waals surface area contributed by atoms with Gasteiger partial charge in [0.05, 0.1) is 0 Å². The first-order chi connectivity index (χ1) is 18.4. The van der Waals surface area contributed by atoms with Gasteiger partial charge in [0.15, 0.2) is 5.78 Å². The number of hydrazine groups is 1. The Labute approximate surface area is 229 Å². The molecule has 1 aliphatic heterocycles. The summed E-state index contributed by atoms with van der Waals surface area (Å²) < 4.78 is 0. The van der Waals surface area contributed by atoms with E-state index in [1.165, 1.54) is 16.1 Å². The molecule has 204 valence electrons. The third-order valence-electron chi connectivity index (χ3n) is 6.44. The predicted molar refractivity (Wildman–Crippen MR) is 163 cm³/mol. The standard InChI is InChI=1S/C30H39N5O.C2H6/c1-5-18-35(31)29(33-6-2)9-7-8-27-21-24(12-15-28(27)32-4)22-34-19-16-26(17-20-34)30(36)25-13-10-23(3)11-14-25;1-2/h5-15,18,21,26,32H,16-17,19-20,22,31H2,1-4H3;1-2H3/b8-7+,18-5-,29-9+,33-6+;. The molecule has 3 rings (SSSR count). The van der Waals surface area contributed by atoms with Crippen molar-refractivity contribution >= 4 is 23.8 Å². The highest BCUT2D eigenvalue weighted by Crippen LogP contribution is 2.25. The van der Waals surface area contributed by atoms with E-state index >= 15 is 0 Å². The van der Waals surface area contributed by atoms with E-state index in [0.29, 0.717) is 5.82 Å². The van der Waals surface area contributed by atoms with Gasteiger partial charge >= 0.3 is 0 Å². The fraction of sp³-hybridized carbons (Fsp3) is 0.375. The van der Waals surface area contributed by atoms with Crippen molar-refractivity contribution in [2.45, 2.75) is 54.0 Å². The number of nitrogens with two attached hydrogens (primary N) is 1. The minimum atomic E-state index is 0.116. The summed E-state index contributed by atoms with van der Waals surface area (Å²) in [7, 11) is 1.93. The average Bonchev–Trinajstić information content (AvgIpc) is 2.94. The summed E-state index contributed by atoms with van der Waals surface area (Å²) in [5.74, 6) is 7.09. The molecule has 6 heteroatoms. The van der Waals surface area contributed by atoms with Crippen LogP contribution in [0.3, 0.4) is 0 Å². The number of allylic oxidation sites excluding steroid dienone is 3. The number of benzene rings is 2. The topological polar surface area (TPSA) is 74.0 Å². The number of rotatable bonds is 10. The van der Waals surface area contributed by atoms with Crippen molar-refractivity contribution in [3.8, 4) is 0 Å². The molecule has 0 atom stereocenters. The van der Waals surface area contributed by atoms with Crippen LogP contribution in [-0.4, -0.2) is 42.0 Å². The number of aryl methyl sites for hydroxylation is 1. The van der Waals surface area contributed by atoms with E-state index in [2.05, 4.69) is 39.5 Å². The van der Waals surface area contributed by atoms with Crippen molar-refractivity contribution in [3.05, 3.63) is 95.0 Å². The first-order valence-electron chi connectivity index (χ1n) is 13.6. The molecular weight excluding hydrogens is 470 g/mol. The van der Waals surface area contributed by atoms with E-state index < -0.39 is 0 Å². The molecule has 6 nitrogen and oxygen atoms in total. The second-order valence-corrected chi connectivity index (χ2v) is 9.11. The van der Waals surface area contributed by atoms with Crippen LogP contribution >= 0.6 is 0 Å². The van der Waals surface area contributed by atoms with Gasteiger partial charge in [-0.1, -0.05) is 68.0 Å². The van der Waals surface area contributed by atoms with E-state index in [1.807, 2.05) is 84.2 Å². The van der Waals surface area contributed by atoms with E-state index in [0.717, 1.165) is 49.3 Å². The molecule has 0 amide bonds. The largest absolute Gasteiger partial charge is 0.388 e. The summed E-state index contributed by atoms with van der Waals surface area (Å²) in [6, 6.07) is 14.5. The number of hydrogen-bond acceptors (Lipinski definition) is 6. The molecule has 0 aromatic heterocycles. The monoisotopic (exact) mass is 515 g/mol. The van der Waals surface area contributed by atoms with E-state index in [9.17, 15) is 4.79 Å². The van der Waals surface area contributed by atoms with Gasteiger partial charge in [-0.2, -0.15) is 0 Å². The van der Waals surface area contributed by atoms with E-state index in [1.54, 1.807) is 12.4 Å². The highest BCUT2D eigenvalue weighted by Gasteiger charge is 2.25. The Balaban J connectivity index is 0.00000247. The highest BCUT2D eigenvalue weighted by molar-refractivity contribution is 5.97. The maximum Gasteiger partial charge on any atom is 0.166 e. The quantitative estimate of drug-likeness (QED) is 0.119. The zero-order valence-corrected chi connectivity index (χ0v) is 23.9. The summed E-state index contributed by atoms with van der Waals surface area (Å²) in [6.07, 6.45) is 13.1. The Morgan fingerprint density at radius 2 is 1.82 bits per heavy atom. The third-order valence-corrected chi connectivity index (χ3v) is 6.44. The first-order valence-corrected chi connectivity index (χ1v) is 13.6. The van der Waals surface area contributed by atoms with E-state index in [-0.39, 0.29) is 11.7 Å². The minimum absolute atomic E-state index is 0.116. The van der Waals surface area contributed by atoms with Crippen molar-refractivity contribution in [3.63, 3.8) is 0 Å². The number of carbonyl (C=O) groups is 1. The second kappa shape index (κ2) is 16.4. The maximum atomic E-state index is 12.9. The summed E-state index contributed by atoms with van der Waals surface area (Å²) in [5.41, 5.74) is 5.43. The predicted octanol–water partition coefficient (Wildman–Crippen LogP) is 6.81. The number of nitrogens with one attached hydrogen (secondary N) is 1. The van der Waals surface area contributed by atoms with Gasteiger partial charge in [-0.15, -0.1) is 0 Å². The highest BCUT2D eigenvalue weighted by atomic mass is 16.1. The van der Waals surface area contributed by atoms with Crippen LogP contribution in [0.25, 0.3) is 6.08 Å². The smallest absolute Gasteiger partial charge is 0.166 e. The van der Waals surface area contributed by atoms with Crippen molar-refractivity contribution in [1.29, 1.82) is 0 Å². The van der Waals surface area contributed by atoms with Gasteiger partial charge in [0, 0.05) is 43.2 Å². The fourth-order valence-corrected chi connectivity index (χ4v) is 4.44. The number of anilines is 1. The maximum absolute atomic E-state index is 12.9. The number of carbonyl (C=O) groups excluding carboxylic acids is 1. The number of piperidine rings is 1. The first kappa shape index (κ1) is 30.7. The normalized spacial score (nSPS) is 15.2. The fourth-order valence-electron chi connectivity index (χ4n) is 4.44. The number of aliphatic imine (C=N–C) groups is 1. The molecular formula is C32H45N5O. The number of nitrogens with zero attached hydrogens (tertiary/aromatic N) is 3. The molecule has 2 aromatic rings. The number of hydrogen-bond donors (Lipinski definition) is 2. The lowest BCUT2D eigenvalue weighted by atomic mass is 9.88. The van der Waals surface area contributed by atoms with Crippen LogP contribution in [0.1, 0.15) is 67.6 Å². The van der Waals surface area contributed by atoms with Gasteiger partial charge in [-0.05, 0) is 76.0 Å². The van der Waals surface area contributed by atoms with Crippen molar-refractivity contribution in [2.75, 3.05) is 25.5 Å². The Morgan fingerprint density at radius 1 is 1.13 bits per heavy atom. The van der Waals surface area contributed by atoms with Gasteiger partial charge in [0.1, 0.15) is 5.82 Å². The molecule has 3 N–H and O–H groups in total. The van der Waals surface area contributed by atoms with Gasteiger partial charge in [-0.25, -0.2) is 10.8 Å². The van der Waals surface area contributed by atoms with Crippen LogP contribution in [0.2, 0.25) is 0 Å². The van der Waals surface area contributed by atoms with Gasteiger partial charge in [0.25, 0.3) is 0 Å². The molecule has 0 aliphatic carbocycles. The van der Waals surface area contributed by atoms with Crippen molar-refractivity contribution in [1.82, 2.24) is 9.91 Å². The lowest BCUT2D eigenvalue weighted by molar-refractivity contribution is 0.0835. The van der Waals surface area contributed by atoms with Crippen LogP contribution in [0.15, 0.2) is 77.7 Å². The van der Waals surface area contributed by atoms with E-state index in [4.69, 9.17) is 5.84 Å². The molecule has 0 saturated carbocycles. The van der Waals surface area contributed by atoms with Crippen LogP contribution < -0.4 is 11.2 Å². The van der Waals surface area contributed by atoms with Crippen LogP contribution in [0.5, 0.6) is 0 Å². The molecule has 1 saturated heterocycles. The number of ketones is 1. The summed E-state index contributed by atoms with van der Waals surface area (Å²) in [5, 5.41) is 4.76. The third kappa shape index (κ3) is 9.12. The molecule has 1 heterocycles. The molecule has 0 unspecified atom stereocenters. The summed E-state index contributed by atoms with van der Waals surface area (Å²) in [6.45, 7) is 12.6. The molecule has 0 radical (unpaired) electrons. The average molecular weight is 516 g/mol. The van der Waals surface area contributed by atoms with Gasteiger partial charge < -0.3 is 5.32 Å². The van der Waals surface area contributed by atoms with Crippen LogP contribution in [-0.2, 0) is 6.54 Å². The van der Waals surface area contributed by atoms with Crippen LogP contribution in [0, 0.1) is 12.8 Å². The van der Waals surface area contributed by atoms with Crippen molar-refractivity contribution < 1.29 is 4.79 Å². The number of likely N-dealkylation sites (tertiary alicyclic amines) is 1. The Hall–Kier alpha value is -3.48.